The minimum atomic E-state index is -0.455. The van der Waals surface area contributed by atoms with Gasteiger partial charge in [0.05, 0.1) is 12.7 Å². The zero-order chi connectivity index (χ0) is 9.14. The first kappa shape index (κ1) is 9.45. The first-order valence-corrected chi connectivity index (χ1v) is 4.25. The minimum Gasteiger partial charge on any atom is -0.341 e. The van der Waals surface area contributed by atoms with Gasteiger partial charge in [0.1, 0.15) is 0 Å². The SMILES string of the molecule is C[C@H](N)C(=O)N1CC[C@H](CF)C1. The third-order valence-electron chi connectivity index (χ3n) is 2.21. The van der Waals surface area contributed by atoms with Crippen molar-refractivity contribution in [2.75, 3.05) is 19.8 Å². The number of hydrogen-bond donors (Lipinski definition) is 1. The molecule has 1 fully saturated rings. The van der Waals surface area contributed by atoms with Gasteiger partial charge in [-0.25, -0.2) is 0 Å². The fourth-order valence-corrected chi connectivity index (χ4v) is 1.45. The number of nitrogens with zero attached hydrogens (tertiary/aromatic N) is 1. The number of halogens is 1. The van der Waals surface area contributed by atoms with E-state index in [1.165, 1.54) is 0 Å². The molecule has 0 saturated carbocycles. The van der Waals surface area contributed by atoms with E-state index in [0.29, 0.717) is 13.1 Å². The van der Waals surface area contributed by atoms with Gasteiger partial charge >= 0.3 is 0 Å². The molecule has 1 rings (SSSR count). The molecular weight excluding hydrogens is 159 g/mol. The molecule has 12 heavy (non-hydrogen) atoms. The Bertz CT molecular complexity index is 172. The highest BCUT2D eigenvalue weighted by Crippen LogP contribution is 2.16. The van der Waals surface area contributed by atoms with E-state index in [2.05, 4.69) is 0 Å². The van der Waals surface area contributed by atoms with Gasteiger partial charge < -0.3 is 10.6 Å². The van der Waals surface area contributed by atoms with E-state index in [4.69, 9.17) is 5.73 Å². The molecule has 2 N–H and O–H groups in total. The van der Waals surface area contributed by atoms with Crippen LogP contribution in [0.2, 0.25) is 0 Å². The van der Waals surface area contributed by atoms with Crippen LogP contribution in [0.1, 0.15) is 13.3 Å². The maximum atomic E-state index is 12.2. The van der Waals surface area contributed by atoms with Crippen LogP contribution in [0.4, 0.5) is 4.39 Å². The summed E-state index contributed by atoms with van der Waals surface area (Å²) in [6, 6.07) is -0.455. The van der Waals surface area contributed by atoms with Gasteiger partial charge in [-0.3, -0.25) is 9.18 Å². The molecule has 1 aliphatic rings. The molecule has 0 bridgehead atoms. The van der Waals surface area contributed by atoms with Gasteiger partial charge in [-0.2, -0.15) is 0 Å². The Kier molecular flexibility index (Phi) is 3.03. The van der Waals surface area contributed by atoms with Crippen LogP contribution in [0.5, 0.6) is 0 Å². The average Bonchev–Trinajstić information content (AvgIpc) is 2.50. The Balaban J connectivity index is 2.41. The number of alkyl halides is 1. The van der Waals surface area contributed by atoms with Crippen LogP contribution < -0.4 is 5.73 Å². The topological polar surface area (TPSA) is 46.3 Å². The molecule has 1 amide bonds. The average molecular weight is 174 g/mol. The lowest BCUT2D eigenvalue weighted by Crippen LogP contribution is -2.40. The monoisotopic (exact) mass is 174 g/mol. The van der Waals surface area contributed by atoms with E-state index in [1.807, 2.05) is 0 Å². The molecule has 0 radical (unpaired) electrons. The predicted octanol–water partition coefficient (Wildman–Crippen LogP) is 0.152. The van der Waals surface area contributed by atoms with Crippen LogP contribution in [0.15, 0.2) is 0 Å². The Labute approximate surface area is 71.7 Å². The zero-order valence-electron chi connectivity index (χ0n) is 7.29. The molecule has 0 aromatic heterocycles. The third-order valence-corrected chi connectivity index (χ3v) is 2.21. The molecule has 0 spiro atoms. The molecule has 70 valence electrons. The maximum Gasteiger partial charge on any atom is 0.239 e. The summed E-state index contributed by atoms with van der Waals surface area (Å²) >= 11 is 0. The molecule has 1 aliphatic heterocycles. The maximum absolute atomic E-state index is 12.2. The summed E-state index contributed by atoms with van der Waals surface area (Å²) in [5, 5.41) is 0. The number of rotatable bonds is 2. The smallest absolute Gasteiger partial charge is 0.239 e. The molecule has 4 heteroatoms. The van der Waals surface area contributed by atoms with Crippen LogP contribution >= 0.6 is 0 Å². The molecule has 0 aromatic carbocycles. The van der Waals surface area contributed by atoms with Crippen molar-refractivity contribution in [2.24, 2.45) is 11.7 Å². The Morgan fingerprint density at radius 2 is 2.50 bits per heavy atom. The van der Waals surface area contributed by atoms with Gasteiger partial charge in [0.15, 0.2) is 0 Å². The first-order valence-electron chi connectivity index (χ1n) is 4.25. The molecule has 2 atom stereocenters. The second kappa shape index (κ2) is 3.85. The van der Waals surface area contributed by atoms with E-state index in [9.17, 15) is 9.18 Å². The van der Waals surface area contributed by atoms with Crippen LogP contribution in [0.3, 0.4) is 0 Å². The van der Waals surface area contributed by atoms with Crippen molar-refractivity contribution >= 4 is 5.91 Å². The molecule has 0 unspecified atom stereocenters. The summed E-state index contributed by atoms with van der Waals surface area (Å²) < 4.78 is 12.2. The standard InChI is InChI=1S/C8H15FN2O/c1-6(10)8(12)11-3-2-7(4-9)5-11/h6-7H,2-5,10H2,1H3/t6-,7+/m0/s1. The van der Waals surface area contributed by atoms with Crippen molar-refractivity contribution in [2.45, 2.75) is 19.4 Å². The highest BCUT2D eigenvalue weighted by atomic mass is 19.1. The fraction of sp³-hybridized carbons (Fsp3) is 0.875. The summed E-state index contributed by atoms with van der Waals surface area (Å²) in [7, 11) is 0. The lowest BCUT2D eigenvalue weighted by Gasteiger charge is -2.17. The van der Waals surface area contributed by atoms with Gasteiger partial charge in [-0.1, -0.05) is 0 Å². The van der Waals surface area contributed by atoms with Crippen LogP contribution in [0, 0.1) is 5.92 Å². The second-order valence-corrected chi connectivity index (χ2v) is 3.38. The number of carbonyl (C=O) groups is 1. The summed E-state index contributed by atoms with van der Waals surface area (Å²) in [5.41, 5.74) is 5.42. The van der Waals surface area contributed by atoms with Crippen molar-refractivity contribution < 1.29 is 9.18 Å². The van der Waals surface area contributed by atoms with Gasteiger partial charge in [-0.05, 0) is 13.3 Å². The summed E-state index contributed by atoms with van der Waals surface area (Å²) in [4.78, 5) is 12.9. The van der Waals surface area contributed by atoms with Gasteiger partial charge in [-0.15, -0.1) is 0 Å². The predicted molar refractivity (Wildman–Crippen MR) is 44.3 cm³/mol. The van der Waals surface area contributed by atoms with Crippen molar-refractivity contribution in [1.82, 2.24) is 4.90 Å². The van der Waals surface area contributed by atoms with Crippen molar-refractivity contribution in [3.63, 3.8) is 0 Å². The number of carbonyl (C=O) groups excluding carboxylic acids is 1. The van der Waals surface area contributed by atoms with Crippen molar-refractivity contribution in [3.8, 4) is 0 Å². The quantitative estimate of drug-likeness (QED) is 0.647. The number of amides is 1. The van der Waals surface area contributed by atoms with Crippen LogP contribution in [0.25, 0.3) is 0 Å². The minimum absolute atomic E-state index is 0.0349. The summed E-state index contributed by atoms with van der Waals surface area (Å²) in [6.07, 6.45) is 0.773. The molecule has 0 aliphatic carbocycles. The van der Waals surface area contributed by atoms with E-state index in [-0.39, 0.29) is 18.5 Å². The number of nitrogens with two attached hydrogens (primary N) is 1. The largest absolute Gasteiger partial charge is 0.341 e. The highest BCUT2D eigenvalue weighted by Gasteiger charge is 2.27. The molecular formula is C8H15FN2O. The number of likely N-dealkylation sites (tertiary alicyclic amines) is 1. The Morgan fingerprint density at radius 1 is 1.83 bits per heavy atom. The zero-order valence-corrected chi connectivity index (χ0v) is 7.29. The fourth-order valence-electron chi connectivity index (χ4n) is 1.45. The Morgan fingerprint density at radius 3 is 2.92 bits per heavy atom. The van der Waals surface area contributed by atoms with Gasteiger partial charge in [0.25, 0.3) is 0 Å². The van der Waals surface area contributed by atoms with Gasteiger partial charge in [0.2, 0.25) is 5.91 Å². The second-order valence-electron chi connectivity index (χ2n) is 3.38. The molecule has 0 aromatic rings. The van der Waals surface area contributed by atoms with E-state index in [0.717, 1.165) is 6.42 Å². The van der Waals surface area contributed by atoms with E-state index >= 15 is 0 Å². The lowest BCUT2D eigenvalue weighted by atomic mass is 10.1. The van der Waals surface area contributed by atoms with E-state index < -0.39 is 6.04 Å². The van der Waals surface area contributed by atoms with Crippen molar-refractivity contribution in [1.29, 1.82) is 0 Å². The van der Waals surface area contributed by atoms with Gasteiger partial charge in [0, 0.05) is 19.0 Å². The Hall–Kier alpha value is -0.640. The first-order chi connectivity index (χ1) is 5.65. The van der Waals surface area contributed by atoms with E-state index in [1.54, 1.807) is 11.8 Å². The highest BCUT2D eigenvalue weighted by molar-refractivity contribution is 5.81. The van der Waals surface area contributed by atoms with Crippen LogP contribution in [-0.2, 0) is 4.79 Å². The third kappa shape index (κ3) is 1.94. The molecule has 1 saturated heterocycles. The number of hydrogen-bond acceptors (Lipinski definition) is 2. The normalized spacial score (nSPS) is 25.9. The summed E-state index contributed by atoms with van der Waals surface area (Å²) in [5.74, 6) is -0.0290. The summed E-state index contributed by atoms with van der Waals surface area (Å²) in [6.45, 7) is 2.53. The molecule has 3 nitrogen and oxygen atoms in total. The lowest BCUT2D eigenvalue weighted by molar-refractivity contribution is -0.131. The van der Waals surface area contributed by atoms with Crippen molar-refractivity contribution in [3.05, 3.63) is 0 Å². The van der Waals surface area contributed by atoms with Crippen LogP contribution in [-0.4, -0.2) is 36.6 Å². The molecule has 1 heterocycles.